The van der Waals surface area contributed by atoms with Crippen LogP contribution in [0, 0.1) is 0 Å². The second-order valence-corrected chi connectivity index (χ2v) is 4.97. The van der Waals surface area contributed by atoms with E-state index in [4.69, 9.17) is 5.73 Å². The molecule has 1 aromatic rings. The van der Waals surface area contributed by atoms with Crippen molar-refractivity contribution in [2.45, 2.75) is 38.3 Å². The topological polar surface area (TPSA) is 71.2 Å². The summed E-state index contributed by atoms with van der Waals surface area (Å²) >= 11 is 1.41. The first-order valence-electron chi connectivity index (χ1n) is 5.39. The molecule has 0 saturated heterocycles. The van der Waals surface area contributed by atoms with Gasteiger partial charge in [-0.1, -0.05) is 18.3 Å². The standard InChI is InChI=1S/C10H17N3OS/c1-2-5-12-6-3-4-7-9(8(6)14)15-10(11)13-7/h6,8,12,14H,2-5H2,1H3,(H2,11,13)/t6-,8+/m0/s1. The molecule has 0 spiro atoms. The third kappa shape index (κ3) is 2.14. The van der Waals surface area contributed by atoms with Gasteiger partial charge in [-0.2, -0.15) is 0 Å². The summed E-state index contributed by atoms with van der Waals surface area (Å²) in [5, 5.41) is 14.0. The van der Waals surface area contributed by atoms with Crippen molar-refractivity contribution in [1.29, 1.82) is 0 Å². The Morgan fingerprint density at radius 2 is 2.47 bits per heavy atom. The van der Waals surface area contributed by atoms with Crippen LogP contribution in [0.3, 0.4) is 0 Å². The van der Waals surface area contributed by atoms with E-state index < -0.39 is 6.10 Å². The maximum absolute atomic E-state index is 10.1. The molecule has 2 rings (SSSR count). The molecule has 0 aliphatic heterocycles. The van der Waals surface area contributed by atoms with Crippen molar-refractivity contribution in [3.8, 4) is 0 Å². The number of nitrogens with one attached hydrogen (secondary N) is 1. The first kappa shape index (κ1) is 10.9. The Kier molecular flexibility index (Phi) is 3.23. The number of nitrogens with zero attached hydrogens (tertiary/aromatic N) is 1. The lowest BCUT2D eigenvalue weighted by Crippen LogP contribution is -2.38. The van der Waals surface area contributed by atoms with Gasteiger partial charge in [-0.05, 0) is 25.8 Å². The van der Waals surface area contributed by atoms with E-state index in [-0.39, 0.29) is 6.04 Å². The van der Waals surface area contributed by atoms with Gasteiger partial charge in [0.05, 0.1) is 10.6 Å². The number of aliphatic hydroxyl groups is 1. The minimum absolute atomic E-state index is 0.164. The largest absolute Gasteiger partial charge is 0.386 e. The van der Waals surface area contributed by atoms with Crippen molar-refractivity contribution in [2.24, 2.45) is 0 Å². The van der Waals surface area contributed by atoms with Crippen molar-refractivity contribution in [3.63, 3.8) is 0 Å². The normalized spacial score (nSPS) is 25.2. The first-order chi connectivity index (χ1) is 7.22. The summed E-state index contributed by atoms with van der Waals surface area (Å²) in [6.45, 7) is 3.07. The highest BCUT2D eigenvalue weighted by molar-refractivity contribution is 7.15. The molecule has 2 atom stereocenters. The van der Waals surface area contributed by atoms with Gasteiger partial charge in [-0.25, -0.2) is 4.98 Å². The minimum atomic E-state index is -0.435. The van der Waals surface area contributed by atoms with E-state index in [1.807, 2.05) is 0 Å². The number of aliphatic hydroxyl groups excluding tert-OH is 1. The molecule has 0 amide bonds. The first-order valence-corrected chi connectivity index (χ1v) is 6.20. The highest BCUT2D eigenvalue weighted by Crippen LogP contribution is 2.35. The molecule has 4 N–H and O–H groups in total. The molecule has 0 radical (unpaired) electrons. The van der Waals surface area contributed by atoms with Crippen LogP contribution in [-0.4, -0.2) is 22.7 Å². The van der Waals surface area contributed by atoms with Crippen molar-refractivity contribution in [3.05, 3.63) is 10.6 Å². The summed E-state index contributed by atoms with van der Waals surface area (Å²) in [6.07, 6.45) is 2.51. The van der Waals surface area contributed by atoms with E-state index in [1.165, 1.54) is 11.3 Å². The fraction of sp³-hybridized carbons (Fsp3) is 0.700. The van der Waals surface area contributed by atoms with Gasteiger partial charge in [0.1, 0.15) is 6.10 Å². The molecule has 1 heterocycles. The lowest BCUT2D eigenvalue weighted by molar-refractivity contribution is 0.118. The van der Waals surface area contributed by atoms with Gasteiger partial charge in [0.15, 0.2) is 5.13 Å². The summed E-state index contributed by atoms with van der Waals surface area (Å²) in [5.74, 6) is 0. The maximum Gasteiger partial charge on any atom is 0.180 e. The monoisotopic (exact) mass is 227 g/mol. The van der Waals surface area contributed by atoms with Crippen LogP contribution in [0.25, 0.3) is 0 Å². The zero-order chi connectivity index (χ0) is 10.8. The fourth-order valence-corrected chi connectivity index (χ4v) is 2.90. The Hall–Kier alpha value is -0.650. The third-order valence-electron chi connectivity index (χ3n) is 2.74. The van der Waals surface area contributed by atoms with E-state index in [2.05, 4.69) is 17.2 Å². The van der Waals surface area contributed by atoms with E-state index in [1.54, 1.807) is 0 Å². The maximum atomic E-state index is 10.1. The van der Waals surface area contributed by atoms with Crippen LogP contribution in [0.1, 0.15) is 36.4 Å². The molecule has 5 heteroatoms. The zero-order valence-electron chi connectivity index (χ0n) is 8.86. The summed E-state index contributed by atoms with van der Waals surface area (Å²) in [7, 11) is 0. The lowest BCUT2D eigenvalue weighted by Gasteiger charge is -2.27. The Morgan fingerprint density at radius 1 is 1.67 bits per heavy atom. The highest BCUT2D eigenvalue weighted by atomic mass is 32.1. The Balaban J connectivity index is 2.11. The number of rotatable bonds is 3. The van der Waals surface area contributed by atoms with Gasteiger partial charge in [0.2, 0.25) is 0 Å². The molecule has 4 nitrogen and oxygen atoms in total. The SMILES string of the molecule is CCCN[C@H]1CCc2nc(N)sc2[C@@H]1O. The zero-order valence-corrected chi connectivity index (χ0v) is 9.68. The number of anilines is 1. The van der Waals surface area contributed by atoms with Crippen LogP contribution in [-0.2, 0) is 6.42 Å². The van der Waals surface area contributed by atoms with Crippen LogP contribution < -0.4 is 11.1 Å². The molecule has 15 heavy (non-hydrogen) atoms. The van der Waals surface area contributed by atoms with Gasteiger partial charge in [0.25, 0.3) is 0 Å². The molecule has 0 saturated carbocycles. The second kappa shape index (κ2) is 4.47. The van der Waals surface area contributed by atoms with E-state index in [0.717, 1.165) is 36.4 Å². The number of fused-ring (bicyclic) bond motifs is 1. The average molecular weight is 227 g/mol. The number of aromatic nitrogens is 1. The Morgan fingerprint density at radius 3 is 3.20 bits per heavy atom. The lowest BCUT2D eigenvalue weighted by atomic mass is 9.95. The number of thiazole rings is 1. The second-order valence-electron chi connectivity index (χ2n) is 3.91. The van der Waals surface area contributed by atoms with Crippen molar-refractivity contribution < 1.29 is 5.11 Å². The van der Waals surface area contributed by atoms with Crippen LogP contribution in [0.5, 0.6) is 0 Å². The number of hydrogen-bond donors (Lipinski definition) is 3. The Labute approximate surface area is 93.5 Å². The van der Waals surface area contributed by atoms with Crippen LogP contribution in [0.4, 0.5) is 5.13 Å². The minimum Gasteiger partial charge on any atom is -0.386 e. The third-order valence-corrected chi connectivity index (χ3v) is 3.74. The van der Waals surface area contributed by atoms with E-state index in [9.17, 15) is 5.11 Å². The molecule has 0 bridgehead atoms. The fourth-order valence-electron chi connectivity index (χ4n) is 1.97. The van der Waals surface area contributed by atoms with Gasteiger partial charge < -0.3 is 16.2 Å². The molecule has 1 aliphatic rings. The summed E-state index contributed by atoms with van der Waals surface area (Å²) in [4.78, 5) is 5.18. The van der Waals surface area contributed by atoms with Crippen molar-refractivity contribution >= 4 is 16.5 Å². The predicted molar refractivity (Wildman–Crippen MR) is 61.9 cm³/mol. The number of hydrogen-bond acceptors (Lipinski definition) is 5. The number of aryl methyl sites for hydroxylation is 1. The Bertz CT molecular complexity index is 339. The van der Waals surface area contributed by atoms with Gasteiger partial charge in [-0.3, -0.25) is 0 Å². The summed E-state index contributed by atoms with van der Waals surface area (Å²) in [6, 6.07) is 0.164. The van der Waals surface area contributed by atoms with Crippen LogP contribution in [0.2, 0.25) is 0 Å². The smallest absolute Gasteiger partial charge is 0.180 e. The molecular weight excluding hydrogens is 210 g/mol. The number of nitrogens with two attached hydrogens (primary N) is 1. The van der Waals surface area contributed by atoms with E-state index >= 15 is 0 Å². The molecule has 1 aliphatic carbocycles. The van der Waals surface area contributed by atoms with Gasteiger partial charge in [-0.15, -0.1) is 0 Å². The molecule has 84 valence electrons. The molecule has 1 aromatic heterocycles. The van der Waals surface area contributed by atoms with Crippen molar-refractivity contribution in [2.75, 3.05) is 12.3 Å². The predicted octanol–water partition coefficient (Wildman–Crippen LogP) is 1.07. The van der Waals surface area contributed by atoms with Gasteiger partial charge >= 0.3 is 0 Å². The van der Waals surface area contributed by atoms with Crippen LogP contribution in [0.15, 0.2) is 0 Å². The molecular formula is C10H17N3OS. The van der Waals surface area contributed by atoms with Crippen molar-refractivity contribution in [1.82, 2.24) is 10.3 Å². The molecule has 0 aromatic carbocycles. The molecule has 0 fully saturated rings. The van der Waals surface area contributed by atoms with E-state index in [0.29, 0.717) is 5.13 Å². The summed E-state index contributed by atoms with van der Waals surface area (Å²) < 4.78 is 0. The number of nitrogen functional groups attached to an aromatic ring is 1. The quantitative estimate of drug-likeness (QED) is 0.722. The highest BCUT2D eigenvalue weighted by Gasteiger charge is 2.30. The van der Waals surface area contributed by atoms with Gasteiger partial charge in [0, 0.05) is 6.04 Å². The molecule has 0 unspecified atom stereocenters. The average Bonchev–Trinajstić information content (AvgIpc) is 2.59. The van der Waals surface area contributed by atoms with Crippen LogP contribution >= 0.6 is 11.3 Å². The summed E-state index contributed by atoms with van der Waals surface area (Å²) in [5.41, 5.74) is 6.63.